The van der Waals surface area contributed by atoms with Gasteiger partial charge in [0.1, 0.15) is 5.66 Å². The van der Waals surface area contributed by atoms with Crippen LogP contribution in [0.15, 0.2) is 30.3 Å². The minimum absolute atomic E-state index is 0.0851. The van der Waals surface area contributed by atoms with Crippen molar-refractivity contribution in [2.75, 3.05) is 39.3 Å². The summed E-state index contributed by atoms with van der Waals surface area (Å²) >= 11 is 0. The summed E-state index contributed by atoms with van der Waals surface area (Å²) in [6.07, 6.45) is 1.77. The largest absolute Gasteiger partial charge is 0.292 e. The van der Waals surface area contributed by atoms with E-state index in [2.05, 4.69) is 50.8 Å². The highest BCUT2D eigenvalue weighted by Gasteiger charge is 2.51. The number of rotatable bonds is 1. The molecule has 0 unspecified atom stereocenters. The van der Waals surface area contributed by atoms with Crippen LogP contribution in [-0.4, -0.2) is 55.2 Å². The van der Waals surface area contributed by atoms with Crippen LogP contribution < -0.4 is 10.6 Å². The summed E-state index contributed by atoms with van der Waals surface area (Å²) in [7, 11) is 0. The zero-order valence-corrected chi connectivity index (χ0v) is 11.3. The summed E-state index contributed by atoms with van der Waals surface area (Å²) in [5.74, 6) is 0. The molecule has 3 aliphatic rings. The third kappa shape index (κ3) is 1.75. The minimum Gasteiger partial charge on any atom is -0.292 e. The molecule has 3 fully saturated rings. The number of nitrogens with one attached hydrogen (secondary N) is 2. The zero-order chi connectivity index (χ0) is 12.7. The maximum Gasteiger partial charge on any atom is 0.125 e. The first-order valence-corrected chi connectivity index (χ1v) is 7.44. The number of hydrogen-bond donors (Lipinski definition) is 2. The van der Waals surface area contributed by atoms with Gasteiger partial charge in [0.15, 0.2) is 0 Å². The van der Waals surface area contributed by atoms with E-state index in [1.807, 2.05) is 0 Å². The summed E-state index contributed by atoms with van der Waals surface area (Å²) < 4.78 is 0. The van der Waals surface area contributed by atoms with Crippen LogP contribution in [0.5, 0.6) is 0 Å². The Labute approximate surface area is 114 Å². The smallest absolute Gasteiger partial charge is 0.125 e. The van der Waals surface area contributed by atoms with E-state index in [0.717, 1.165) is 26.2 Å². The third-order valence-electron chi connectivity index (χ3n) is 4.80. The Morgan fingerprint density at radius 3 is 2.16 bits per heavy atom. The van der Waals surface area contributed by atoms with Crippen LogP contribution in [0.4, 0.5) is 0 Å². The van der Waals surface area contributed by atoms with Crippen molar-refractivity contribution in [2.24, 2.45) is 0 Å². The van der Waals surface area contributed by atoms with Crippen LogP contribution in [0.2, 0.25) is 0 Å². The lowest BCUT2D eigenvalue weighted by Crippen LogP contribution is -2.80. The molecule has 0 aromatic heterocycles. The Morgan fingerprint density at radius 1 is 0.895 bits per heavy atom. The first-order chi connectivity index (χ1) is 9.40. The van der Waals surface area contributed by atoms with Gasteiger partial charge in [0.05, 0.1) is 6.17 Å². The van der Waals surface area contributed by atoms with Gasteiger partial charge in [-0.3, -0.25) is 20.4 Å². The van der Waals surface area contributed by atoms with Crippen LogP contribution in [0.3, 0.4) is 0 Å². The van der Waals surface area contributed by atoms with Crippen molar-refractivity contribution < 1.29 is 0 Å². The maximum atomic E-state index is 3.78. The molecule has 3 aliphatic heterocycles. The molecule has 3 heterocycles. The number of benzene rings is 1. The van der Waals surface area contributed by atoms with E-state index < -0.39 is 0 Å². The SMILES string of the molecule is c1ccc(C23NCCN4CCCN(CCN2)C43)cc1. The fraction of sp³-hybridized carbons (Fsp3) is 0.600. The summed E-state index contributed by atoms with van der Waals surface area (Å²) in [4.78, 5) is 5.30. The van der Waals surface area contributed by atoms with Crippen molar-refractivity contribution in [3.05, 3.63) is 35.9 Å². The van der Waals surface area contributed by atoms with E-state index in [-0.39, 0.29) is 5.66 Å². The fourth-order valence-corrected chi connectivity index (χ4v) is 4.06. The molecule has 102 valence electrons. The first kappa shape index (κ1) is 11.9. The summed E-state index contributed by atoms with van der Waals surface area (Å²) in [5, 5.41) is 7.57. The molecule has 0 spiro atoms. The number of hydrogen-bond acceptors (Lipinski definition) is 4. The molecule has 0 aliphatic carbocycles. The lowest BCUT2D eigenvalue weighted by atomic mass is 9.88. The topological polar surface area (TPSA) is 30.5 Å². The van der Waals surface area contributed by atoms with Crippen LogP contribution in [-0.2, 0) is 5.66 Å². The predicted molar refractivity (Wildman–Crippen MR) is 75.7 cm³/mol. The molecule has 19 heavy (non-hydrogen) atoms. The highest BCUT2D eigenvalue weighted by Crippen LogP contribution is 2.35. The van der Waals surface area contributed by atoms with Crippen molar-refractivity contribution >= 4 is 0 Å². The molecule has 1 aromatic carbocycles. The van der Waals surface area contributed by atoms with E-state index >= 15 is 0 Å². The molecule has 0 radical (unpaired) electrons. The molecule has 4 nitrogen and oxygen atoms in total. The number of nitrogens with zero attached hydrogens (tertiary/aromatic N) is 2. The van der Waals surface area contributed by atoms with Crippen molar-refractivity contribution in [3.8, 4) is 0 Å². The highest BCUT2D eigenvalue weighted by molar-refractivity contribution is 5.28. The van der Waals surface area contributed by atoms with Crippen LogP contribution in [0.25, 0.3) is 0 Å². The average molecular weight is 258 g/mol. The third-order valence-corrected chi connectivity index (χ3v) is 4.80. The van der Waals surface area contributed by atoms with Gasteiger partial charge < -0.3 is 0 Å². The minimum atomic E-state index is -0.0851. The summed E-state index contributed by atoms with van der Waals surface area (Å²) in [6.45, 7) is 6.92. The molecule has 2 N–H and O–H groups in total. The van der Waals surface area contributed by atoms with Crippen LogP contribution >= 0.6 is 0 Å². The molecule has 0 amide bonds. The van der Waals surface area contributed by atoms with Gasteiger partial charge in [-0.05, 0) is 12.0 Å². The van der Waals surface area contributed by atoms with Gasteiger partial charge in [0.2, 0.25) is 0 Å². The second kappa shape index (κ2) is 4.56. The van der Waals surface area contributed by atoms with Gasteiger partial charge in [-0.2, -0.15) is 0 Å². The van der Waals surface area contributed by atoms with Gasteiger partial charge in [-0.25, -0.2) is 0 Å². The molecule has 4 rings (SSSR count). The molecule has 0 saturated carbocycles. The summed E-state index contributed by atoms with van der Waals surface area (Å²) in [6, 6.07) is 10.9. The lowest BCUT2D eigenvalue weighted by molar-refractivity contribution is -0.114. The fourth-order valence-electron chi connectivity index (χ4n) is 4.06. The molecule has 1 aromatic rings. The van der Waals surface area contributed by atoms with Crippen molar-refractivity contribution in [3.63, 3.8) is 0 Å². The molecular weight excluding hydrogens is 236 g/mol. The van der Waals surface area contributed by atoms with E-state index in [4.69, 9.17) is 0 Å². The van der Waals surface area contributed by atoms with Crippen molar-refractivity contribution in [1.82, 2.24) is 20.4 Å². The second-order valence-electron chi connectivity index (χ2n) is 5.83. The molecule has 3 saturated heterocycles. The van der Waals surface area contributed by atoms with Crippen LogP contribution in [0, 0.1) is 0 Å². The quantitative estimate of drug-likeness (QED) is 0.762. The van der Waals surface area contributed by atoms with Gasteiger partial charge in [-0.15, -0.1) is 0 Å². The van der Waals surface area contributed by atoms with Gasteiger partial charge in [-0.1, -0.05) is 30.3 Å². The molecular formula is C15H22N4. The number of piperazine rings is 2. The van der Waals surface area contributed by atoms with Crippen molar-refractivity contribution in [2.45, 2.75) is 18.2 Å². The Hall–Kier alpha value is -0.940. The van der Waals surface area contributed by atoms with E-state index in [0.29, 0.717) is 6.17 Å². The normalized spacial score (nSPS) is 35.9. The van der Waals surface area contributed by atoms with Gasteiger partial charge in [0.25, 0.3) is 0 Å². The highest BCUT2D eigenvalue weighted by atomic mass is 15.5. The average Bonchev–Trinajstić information content (AvgIpc) is 2.49. The standard InChI is InChI=1S/C15H22N4/c1-2-5-13(6-3-1)15-14-18(11-7-16-15)9-4-10-19(14)12-8-17-15/h1-3,5-6,14,16-17H,4,7-12H2. The molecule has 4 heteroatoms. The van der Waals surface area contributed by atoms with E-state index in [9.17, 15) is 0 Å². The van der Waals surface area contributed by atoms with E-state index in [1.165, 1.54) is 25.1 Å². The van der Waals surface area contributed by atoms with Crippen molar-refractivity contribution in [1.29, 1.82) is 0 Å². The Balaban J connectivity index is 1.79. The lowest BCUT2D eigenvalue weighted by Gasteiger charge is -2.60. The monoisotopic (exact) mass is 258 g/mol. The maximum absolute atomic E-state index is 3.78. The Morgan fingerprint density at radius 2 is 1.53 bits per heavy atom. The summed E-state index contributed by atoms with van der Waals surface area (Å²) in [5.41, 5.74) is 1.29. The predicted octanol–water partition coefficient (Wildman–Crippen LogP) is 0.380. The second-order valence-corrected chi connectivity index (χ2v) is 5.83. The molecule has 0 bridgehead atoms. The Bertz CT molecular complexity index is 425. The zero-order valence-electron chi connectivity index (χ0n) is 11.3. The Kier molecular flexibility index (Phi) is 2.84. The molecule has 0 atom stereocenters. The van der Waals surface area contributed by atoms with E-state index in [1.54, 1.807) is 0 Å². The van der Waals surface area contributed by atoms with Gasteiger partial charge in [0, 0.05) is 39.3 Å². The van der Waals surface area contributed by atoms with Gasteiger partial charge >= 0.3 is 0 Å². The first-order valence-electron chi connectivity index (χ1n) is 7.44. The van der Waals surface area contributed by atoms with Crippen LogP contribution in [0.1, 0.15) is 12.0 Å².